The van der Waals surface area contributed by atoms with Crippen LogP contribution in [0.15, 0.2) is 65.6 Å². The van der Waals surface area contributed by atoms with Gasteiger partial charge in [0, 0.05) is 17.4 Å². The highest BCUT2D eigenvalue weighted by Crippen LogP contribution is 2.34. The molecule has 1 amide bonds. The predicted molar refractivity (Wildman–Crippen MR) is 139 cm³/mol. The summed E-state index contributed by atoms with van der Waals surface area (Å²) in [5.74, 6) is -0.139. The Balaban J connectivity index is 1.35. The van der Waals surface area contributed by atoms with Gasteiger partial charge in [0.15, 0.2) is 18.1 Å². The number of benzene rings is 3. The van der Waals surface area contributed by atoms with Crippen molar-refractivity contribution in [1.82, 2.24) is 0 Å². The van der Waals surface area contributed by atoms with Crippen LogP contribution >= 0.6 is 0 Å². The van der Waals surface area contributed by atoms with Gasteiger partial charge in [0.25, 0.3) is 15.9 Å². The van der Waals surface area contributed by atoms with Crippen molar-refractivity contribution in [2.45, 2.75) is 38.0 Å². The summed E-state index contributed by atoms with van der Waals surface area (Å²) in [5, 5.41) is 2.62. The maximum Gasteiger partial charge on any atom is 0.338 e. The molecule has 0 aliphatic carbocycles. The highest BCUT2D eigenvalue weighted by atomic mass is 32.2. The van der Waals surface area contributed by atoms with Crippen molar-refractivity contribution >= 4 is 33.3 Å². The van der Waals surface area contributed by atoms with Crippen molar-refractivity contribution in [3.05, 3.63) is 77.4 Å². The van der Waals surface area contributed by atoms with Gasteiger partial charge in [0.1, 0.15) is 0 Å². The Kier molecular flexibility index (Phi) is 7.13. The lowest BCUT2D eigenvalue weighted by Crippen LogP contribution is -2.21. The molecule has 0 saturated heterocycles. The molecule has 0 saturated carbocycles. The minimum Gasteiger partial charge on any atom is -0.454 e. The maximum atomic E-state index is 13.0. The van der Waals surface area contributed by atoms with Gasteiger partial charge in [0.05, 0.1) is 10.5 Å². The minimum absolute atomic E-state index is 0.120. The predicted octanol–water partition coefficient (Wildman–Crippen LogP) is 4.62. The molecule has 0 spiro atoms. The number of rotatable bonds is 7. The third kappa shape index (κ3) is 6.21. The first-order valence-electron chi connectivity index (χ1n) is 11.5. The Bertz CT molecular complexity index is 1440. The van der Waals surface area contributed by atoms with E-state index in [1.165, 1.54) is 24.3 Å². The lowest BCUT2D eigenvalue weighted by molar-refractivity contribution is -0.119. The fourth-order valence-corrected chi connectivity index (χ4v) is 4.96. The van der Waals surface area contributed by atoms with E-state index in [2.05, 4.69) is 10.0 Å². The number of ether oxygens (including phenoxy) is 3. The van der Waals surface area contributed by atoms with Crippen LogP contribution in [0.4, 0.5) is 11.4 Å². The number of amides is 1. The van der Waals surface area contributed by atoms with Crippen LogP contribution in [-0.2, 0) is 25.0 Å². The summed E-state index contributed by atoms with van der Waals surface area (Å²) in [6.07, 6.45) is 0. The van der Waals surface area contributed by atoms with Gasteiger partial charge >= 0.3 is 5.97 Å². The Morgan fingerprint density at radius 3 is 2.30 bits per heavy atom. The molecule has 0 fully saturated rings. The Morgan fingerprint density at radius 1 is 0.919 bits per heavy atom. The second kappa shape index (κ2) is 10.1. The number of fused-ring (bicyclic) bond motifs is 1. The van der Waals surface area contributed by atoms with Crippen molar-refractivity contribution in [3.63, 3.8) is 0 Å². The first-order chi connectivity index (χ1) is 17.4. The number of carbonyl (C=O) groups excluding carboxylic acids is 2. The molecular formula is C27H28N2O7S. The molecule has 0 aromatic heterocycles. The summed E-state index contributed by atoms with van der Waals surface area (Å²) in [4.78, 5) is 24.7. The molecule has 1 heterocycles. The fraction of sp³-hybridized carbons (Fsp3) is 0.259. The maximum absolute atomic E-state index is 13.0. The number of sulfonamides is 1. The number of hydrogen-bond donors (Lipinski definition) is 2. The summed E-state index contributed by atoms with van der Waals surface area (Å²) in [6.45, 7) is 7.41. The largest absolute Gasteiger partial charge is 0.454 e. The lowest BCUT2D eigenvalue weighted by Gasteiger charge is -2.21. The van der Waals surface area contributed by atoms with Crippen LogP contribution in [0.2, 0.25) is 0 Å². The first-order valence-corrected chi connectivity index (χ1v) is 13.0. The topological polar surface area (TPSA) is 120 Å². The number of anilines is 2. The van der Waals surface area contributed by atoms with Crippen LogP contribution in [0.3, 0.4) is 0 Å². The van der Waals surface area contributed by atoms with Gasteiger partial charge in [0.2, 0.25) is 6.79 Å². The van der Waals surface area contributed by atoms with E-state index < -0.39 is 28.5 Å². The second-order valence-electron chi connectivity index (χ2n) is 9.61. The third-order valence-electron chi connectivity index (χ3n) is 5.71. The number of carbonyl (C=O) groups is 2. The Morgan fingerprint density at radius 2 is 1.59 bits per heavy atom. The van der Waals surface area contributed by atoms with Crippen LogP contribution in [0, 0.1) is 6.92 Å². The average Bonchev–Trinajstić information content (AvgIpc) is 3.30. The van der Waals surface area contributed by atoms with Crippen LogP contribution in [0.1, 0.15) is 42.3 Å². The van der Waals surface area contributed by atoms with Crippen LogP contribution < -0.4 is 19.5 Å². The van der Waals surface area contributed by atoms with E-state index in [1.807, 2.05) is 26.8 Å². The van der Waals surface area contributed by atoms with Gasteiger partial charge in [-0.3, -0.25) is 9.52 Å². The molecule has 10 heteroatoms. The summed E-state index contributed by atoms with van der Waals surface area (Å²) in [5.41, 5.74) is 2.26. The highest BCUT2D eigenvalue weighted by molar-refractivity contribution is 7.92. The van der Waals surface area contributed by atoms with Crippen molar-refractivity contribution < 1.29 is 32.2 Å². The normalized spacial score (nSPS) is 12.6. The molecule has 37 heavy (non-hydrogen) atoms. The lowest BCUT2D eigenvalue weighted by atomic mass is 9.87. The summed E-state index contributed by atoms with van der Waals surface area (Å²) >= 11 is 0. The molecule has 0 unspecified atom stereocenters. The van der Waals surface area contributed by atoms with E-state index >= 15 is 0 Å². The molecule has 3 aromatic carbocycles. The van der Waals surface area contributed by atoms with Gasteiger partial charge < -0.3 is 19.5 Å². The van der Waals surface area contributed by atoms with E-state index in [0.29, 0.717) is 22.7 Å². The fourth-order valence-electron chi connectivity index (χ4n) is 3.63. The number of aryl methyl sites for hydroxylation is 1. The van der Waals surface area contributed by atoms with Crippen molar-refractivity contribution in [2.75, 3.05) is 23.4 Å². The quantitative estimate of drug-likeness (QED) is 0.433. The molecule has 0 radical (unpaired) electrons. The average molecular weight is 525 g/mol. The summed E-state index contributed by atoms with van der Waals surface area (Å²) < 4.78 is 44.2. The Hall–Kier alpha value is -4.05. The molecule has 4 rings (SSSR count). The minimum atomic E-state index is -3.85. The number of hydrogen-bond acceptors (Lipinski definition) is 7. The van der Waals surface area contributed by atoms with Crippen molar-refractivity contribution in [1.29, 1.82) is 0 Å². The van der Waals surface area contributed by atoms with Gasteiger partial charge in [-0.2, -0.15) is 0 Å². The molecule has 9 nitrogen and oxygen atoms in total. The first kappa shape index (κ1) is 26.0. The van der Waals surface area contributed by atoms with Gasteiger partial charge in [-0.25, -0.2) is 13.2 Å². The molecule has 2 N–H and O–H groups in total. The zero-order chi connectivity index (χ0) is 26.8. The van der Waals surface area contributed by atoms with E-state index in [1.54, 1.807) is 37.3 Å². The van der Waals surface area contributed by atoms with Crippen molar-refractivity contribution in [2.24, 2.45) is 0 Å². The van der Waals surface area contributed by atoms with Crippen LogP contribution in [0.25, 0.3) is 0 Å². The van der Waals surface area contributed by atoms with E-state index in [0.717, 1.165) is 5.56 Å². The Labute approximate surface area is 215 Å². The number of nitrogens with one attached hydrogen (secondary N) is 2. The monoisotopic (exact) mass is 524 g/mol. The highest BCUT2D eigenvalue weighted by Gasteiger charge is 2.22. The van der Waals surface area contributed by atoms with Crippen molar-refractivity contribution in [3.8, 4) is 11.5 Å². The molecular weight excluding hydrogens is 496 g/mol. The SMILES string of the molecule is Cc1ccc(C(C)(C)C)cc1S(=O)(=O)Nc1ccc(C(=O)OCC(=O)Nc2ccc3c(c2)OCO3)cc1. The van der Waals surface area contributed by atoms with Crippen LogP contribution in [0.5, 0.6) is 11.5 Å². The van der Waals surface area contributed by atoms with E-state index in [9.17, 15) is 18.0 Å². The molecule has 0 atom stereocenters. The smallest absolute Gasteiger partial charge is 0.338 e. The zero-order valence-corrected chi connectivity index (χ0v) is 21.8. The zero-order valence-electron chi connectivity index (χ0n) is 21.0. The van der Waals surface area contributed by atoms with E-state index in [-0.39, 0.29) is 28.4 Å². The van der Waals surface area contributed by atoms with Crippen LogP contribution in [-0.4, -0.2) is 33.7 Å². The molecule has 1 aliphatic rings. The van der Waals surface area contributed by atoms with E-state index in [4.69, 9.17) is 14.2 Å². The summed E-state index contributed by atoms with van der Waals surface area (Å²) in [7, 11) is -3.85. The summed E-state index contributed by atoms with van der Waals surface area (Å²) in [6, 6.07) is 16.1. The van der Waals surface area contributed by atoms with Gasteiger partial charge in [-0.1, -0.05) is 32.9 Å². The molecule has 1 aliphatic heterocycles. The molecule has 3 aromatic rings. The standard InChI is InChI=1S/C27H28N2O7S/c1-17-5-8-19(27(2,3)4)13-24(17)37(32,33)29-20-9-6-18(7-10-20)26(31)34-15-25(30)28-21-11-12-22-23(14-21)36-16-35-22/h5-14,29H,15-16H2,1-4H3,(H,28,30). The molecule has 0 bridgehead atoms. The number of esters is 1. The van der Waals surface area contributed by atoms with Gasteiger partial charge in [-0.05, 0) is 65.9 Å². The molecule has 194 valence electrons. The second-order valence-corrected chi connectivity index (χ2v) is 11.3. The van der Waals surface area contributed by atoms with Gasteiger partial charge in [-0.15, -0.1) is 0 Å². The third-order valence-corrected chi connectivity index (χ3v) is 7.23.